The van der Waals surface area contributed by atoms with Crippen LogP contribution in [0.5, 0.6) is 0 Å². The summed E-state index contributed by atoms with van der Waals surface area (Å²) in [7, 11) is 0. The number of nitrogens with zero attached hydrogens (tertiary/aromatic N) is 1. The molecule has 16 heavy (non-hydrogen) atoms. The van der Waals surface area contributed by atoms with Crippen molar-refractivity contribution in [3.8, 4) is 6.07 Å². The van der Waals surface area contributed by atoms with Crippen LogP contribution in [-0.4, -0.2) is 12.6 Å². The summed E-state index contributed by atoms with van der Waals surface area (Å²) in [5, 5.41) is 8.82. The van der Waals surface area contributed by atoms with Crippen LogP contribution in [0.2, 0.25) is 0 Å². The Morgan fingerprint density at radius 3 is 2.94 bits per heavy atom. The van der Waals surface area contributed by atoms with Gasteiger partial charge >= 0.3 is 5.97 Å². The molecule has 0 aliphatic rings. The van der Waals surface area contributed by atoms with E-state index >= 15 is 0 Å². The second-order valence-corrected chi connectivity index (χ2v) is 3.86. The van der Waals surface area contributed by atoms with Crippen LogP contribution in [0.4, 0.5) is 0 Å². The number of carbonyl (C=O) groups excluding carboxylic acids is 1. The first-order valence-corrected chi connectivity index (χ1v) is 5.51. The fraction of sp³-hybridized carbons (Fsp3) is 0.167. The topological polar surface area (TPSA) is 50.1 Å². The molecule has 82 valence electrons. The van der Waals surface area contributed by atoms with Crippen LogP contribution in [0.1, 0.15) is 12.5 Å². The molecule has 0 saturated carbocycles. The molecule has 0 heterocycles. The van der Waals surface area contributed by atoms with E-state index in [0.29, 0.717) is 0 Å². The predicted molar refractivity (Wildman–Crippen MR) is 64.4 cm³/mol. The maximum Gasteiger partial charge on any atom is 0.348 e. The third-order valence-electron chi connectivity index (χ3n) is 1.78. The van der Waals surface area contributed by atoms with Crippen molar-refractivity contribution in [2.45, 2.75) is 6.92 Å². The molecule has 0 unspecified atom stereocenters. The van der Waals surface area contributed by atoms with Gasteiger partial charge in [-0.15, -0.1) is 0 Å². The van der Waals surface area contributed by atoms with Crippen molar-refractivity contribution < 1.29 is 9.53 Å². The molecule has 0 atom stereocenters. The molecule has 0 N–H and O–H groups in total. The van der Waals surface area contributed by atoms with Gasteiger partial charge in [0.15, 0.2) is 0 Å². The predicted octanol–water partition coefficient (Wildman–Crippen LogP) is 2.92. The molecule has 1 aromatic rings. The molecule has 1 rings (SSSR count). The minimum absolute atomic E-state index is 0.0000463. The van der Waals surface area contributed by atoms with Crippen LogP contribution in [0.15, 0.2) is 34.3 Å². The molecule has 1 aromatic carbocycles. The summed E-state index contributed by atoms with van der Waals surface area (Å²) >= 11 is 3.31. The summed E-state index contributed by atoms with van der Waals surface area (Å²) in [6.45, 7) is 1.96. The van der Waals surface area contributed by atoms with Crippen molar-refractivity contribution >= 4 is 28.0 Å². The highest BCUT2D eigenvalue weighted by atomic mass is 79.9. The maximum absolute atomic E-state index is 11.3. The van der Waals surface area contributed by atoms with Crippen LogP contribution < -0.4 is 0 Å². The van der Waals surface area contributed by atoms with E-state index in [0.717, 1.165) is 10.0 Å². The average Bonchev–Trinajstić information content (AvgIpc) is 2.26. The van der Waals surface area contributed by atoms with Gasteiger partial charge in [0.1, 0.15) is 11.6 Å². The molecular weight excluding hydrogens is 270 g/mol. The second-order valence-electron chi connectivity index (χ2n) is 2.95. The molecule has 0 amide bonds. The van der Waals surface area contributed by atoms with Gasteiger partial charge in [-0.25, -0.2) is 4.79 Å². The van der Waals surface area contributed by atoms with E-state index in [2.05, 4.69) is 15.9 Å². The summed E-state index contributed by atoms with van der Waals surface area (Å²) in [5.74, 6) is -0.593. The lowest BCUT2D eigenvalue weighted by molar-refractivity contribution is -0.137. The number of esters is 1. The van der Waals surface area contributed by atoms with Crippen LogP contribution in [-0.2, 0) is 9.53 Å². The van der Waals surface area contributed by atoms with E-state index in [1.165, 1.54) is 6.08 Å². The van der Waals surface area contributed by atoms with E-state index in [1.807, 2.05) is 24.3 Å². The van der Waals surface area contributed by atoms with Gasteiger partial charge in [-0.1, -0.05) is 28.1 Å². The molecular formula is C12H10BrNO2. The molecule has 0 aliphatic carbocycles. The Hall–Kier alpha value is -1.60. The minimum atomic E-state index is -0.593. The Balaban J connectivity index is 2.97. The molecule has 0 bridgehead atoms. The molecule has 0 radical (unpaired) electrons. The quantitative estimate of drug-likeness (QED) is 0.486. The van der Waals surface area contributed by atoms with Crippen molar-refractivity contribution in [2.75, 3.05) is 6.61 Å². The zero-order valence-corrected chi connectivity index (χ0v) is 10.3. The van der Waals surface area contributed by atoms with Gasteiger partial charge in [-0.05, 0) is 30.7 Å². The molecule has 3 nitrogen and oxygen atoms in total. The largest absolute Gasteiger partial charge is 0.462 e. The number of halogens is 1. The molecule has 0 spiro atoms. The molecule has 0 aromatic heterocycles. The summed E-state index contributed by atoms with van der Waals surface area (Å²) in [5.41, 5.74) is 0.777. The van der Waals surface area contributed by atoms with Gasteiger partial charge in [0.05, 0.1) is 6.61 Å². The van der Waals surface area contributed by atoms with Crippen molar-refractivity contribution in [2.24, 2.45) is 0 Å². The summed E-state index contributed by atoms with van der Waals surface area (Å²) in [4.78, 5) is 11.3. The molecule has 0 fully saturated rings. The minimum Gasteiger partial charge on any atom is -0.462 e. The first-order valence-electron chi connectivity index (χ1n) is 4.72. The molecule has 0 saturated heterocycles. The zero-order chi connectivity index (χ0) is 12.0. The fourth-order valence-electron chi connectivity index (χ4n) is 1.11. The van der Waals surface area contributed by atoms with Gasteiger partial charge < -0.3 is 4.74 Å². The van der Waals surface area contributed by atoms with Gasteiger partial charge in [0.25, 0.3) is 0 Å². The smallest absolute Gasteiger partial charge is 0.348 e. The highest BCUT2D eigenvalue weighted by Crippen LogP contribution is 2.14. The number of hydrogen-bond donors (Lipinski definition) is 0. The Morgan fingerprint density at radius 1 is 1.62 bits per heavy atom. The van der Waals surface area contributed by atoms with Crippen LogP contribution in [0.3, 0.4) is 0 Å². The van der Waals surface area contributed by atoms with E-state index in [-0.39, 0.29) is 12.2 Å². The van der Waals surface area contributed by atoms with E-state index in [9.17, 15) is 4.79 Å². The zero-order valence-electron chi connectivity index (χ0n) is 8.74. The fourth-order valence-corrected chi connectivity index (χ4v) is 1.53. The van der Waals surface area contributed by atoms with Crippen LogP contribution in [0.25, 0.3) is 6.08 Å². The number of nitriles is 1. The Bertz CT molecular complexity index is 460. The maximum atomic E-state index is 11.3. The third-order valence-corrected chi connectivity index (χ3v) is 2.27. The lowest BCUT2D eigenvalue weighted by atomic mass is 10.1. The Labute approximate surface area is 102 Å². The third kappa shape index (κ3) is 3.52. The van der Waals surface area contributed by atoms with E-state index < -0.39 is 5.97 Å². The monoisotopic (exact) mass is 279 g/mol. The number of hydrogen-bond acceptors (Lipinski definition) is 3. The number of benzene rings is 1. The highest BCUT2D eigenvalue weighted by Gasteiger charge is 2.09. The normalized spacial score (nSPS) is 10.7. The summed E-state index contributed by atoms with van der Waals surface area (Å²) in [6.07, 6.45) is 1.50. The highest BCUT2D eigenvalue weighted by molar-refractivity contribution is 9.10. The Morgan fingerprint density at radius 2 is 2.38 bits per heavy atom. The lowest BCUT2D eigenvalue weighted by Gasteiger charge is -2.00. The van der Waals surface area contributed by atoms with Gasteiger partial charge in [0, 0.05) is 4.47 Å². The lowest BCUT2D eigenvalue weighted by Crippen LogP contribution is -2.05. The summed E-state index contributed by atoms with van der Waals surface area (Å²) in [6, 6.07) is 9.15. The van der Waals surface area contributed by atoms with Gasteiger partial charge in [-0.3, -0.25) is 0 Å². The van der Waals surface area contributed by atoms with Crippen molar-refractivity contribution in [1.82, 2.24) is 0 Å². The number of carbonyl (C=O) groups is 1. The van der Waals surface area contributed by atoms with E-state index in [1.54, 1.807) is 13.0 Å². The van der Waals surface area contributed by atoms with Crippen LogP contribution in [0, 0.1) is 11.3 Å². The van der Waals surface area contributed by atoms with E-state index in [4.69, 9.17) is 10.00 Å². The summed E-state index contributed by atoms with van der Waals surface area (Å²) < 4.78 is 5.65. The average molecular weight is 280 g/mol. The standard InChI is InChI=1S/C12H10BrNO2/c1-2-16-12(15)10(8-14)6-9-4-3-5-11(13)7-9/h3-7H,2H2,1H3. The first kappa shape index (κ1) is 12.5. The van der Waals surface area contributed by atoms with Crippen molar-refractivity contribution in [3.63, 3.8) is 0 Å². The van der Waals surface area contributed by atoms with Crippen LogP contribution >= 0.6 is 15.9 Å². The van der Waals surface area contributed by atoms with Crippen molar-refractivity contribution in [1.29, 1.82) is 5.26 Å². The number of ether oxygens (including phenoxy) is 1. The van der Waals surface area contributed by atoms with Crippen molar-refractivity contribution in [3.05, 3.63) is 39.9 Å². The first-order chi connectivity index (χ1) is 7.67. The van der Waals surface area contributed by atoms with Gasteiger partial charge in [0.2, 0.25) is 0 Å². The number of rotatable bonds is 3. The molecule has 4 heteroatoms. The second kappa shape index (κ2) is 6.09. The SMILES string of the molecule is CCOC(=O)C(C#N)=Cc1cccc(Br)c1. The Kier molecular flexibility index (Phi) is 4.74. The molecule has 0 aliphatic heterocycles. The van der Waals surface area contributed by atoms with Gasteiger partial charge in [-0.2, -0.15) is 5.26 Å².